The van der Waals surface area contributed by atoms with Crippen LogP contribution in [0.3, 0.4) is 0 Å². The topological polar surface area (TPSA) is 55.5 Å². The number of nitrogens with two attached hydrogens (primary N) is 1. The molecule has 0 saturated heterocycles. The van der Waals surface area contributed by atoms with Gasteiger partial charge in [0.05, 0.1) is 6.61 Å². The average Bonchev–Trinajstić information content (AvgIpc) is 2.15. The molecule has 0 aliphatic rings. The molecule has 0 unspecified atom stereocenters. The van der Waals surface area contributed by atoms with Crippen LogP contribution in [0.5, 0.6) is 5.75 Å². The summed E-state index contributed by atoms with van der Waals surface area (Å²) in [5, 5.41) is 9.01. The van der Waals surface area contributed by atoms with Crippen molar-refractivity contribution in [1.82, 2.24) is 0 Å². The quantitative estimate of drug-likeness (QED) is 0.541. The second-order valence-electron chi connectivity index (χ2n) is 2.58. The molecule has 3 nitrogen and oxygen atoms in total. The Bertz CT molecular complexity index is 297. The summed E-state index contributed by atoms with van der Waals surface area (Å²) < 4.78 is 5.30. The van der Waals surface area contributed by atoms with Gasteiger partial charge in [-0.2, -0.15) is 0 Å². The molecule has 0 aromatic heterocycles. The number of ether oxygens (including phenoxy) is 1. The number of hydrogen-bond donors (Lipinski definition) is 2. The van der Waals surface area contributed by atoms with Crippen LogP contribution in [0.1, 0.15) is 5.56 Å². The van der Waals surface area contributed by atoms with Crippen LogP contribution in [0.2, 0.25) is 0 Å². The molecular formula is C10H13NO2. The van der Waals surface area contributed by atoms with Gasteiger partial charge in [0.15, 0.2) is 0 Å². The van der Waals surface area contributed by atoms with Gasteiger partial charge in [0.25, 0.3) is 0 Å². The summed E-state index contributed by atoms with van der Waals surface area (Å²) >= 11 is 0. The molecule has 0 heterocycles. The van der Waals surface area contributed by atoms with Crippen LogP contribution in [0, 0.1) is 0 Å². The number of aliphatic hydroxyl groups is 1. The minimum atomic E-state index is -0.112. The smallest absolute Gasteiger partial charge is 0.127 e. The predicted molar refractivity (Wildman–Crippen MR) is 52.5 cm³/mol. The highest BCUT2D eigenvalue weighted by atomic mass is 16.5. The molecule has 70 valence electrons. The molecule has 0 radical (unpaired) electrons. The number of anilines is 1. The lowest BCUT2D eigenvalue weighted by Crippen LogP contribution is -2.00. The maximum absolute atomic E-state index is 9.01. The van der Waals surface area contributed by atoms with E-state index in [-0.39, 0.29) is 6.61 Å². The van der Waals surface area contributed by atoms with Gasteiger partial charge >= 0.3 is 0 Å². The molecule has 3 heteroatoms. The minimum absolute atomic E-state index is 0.112. The van der Waals surface area contributed by atoms with Crippen LogP contribution in [-0.4, -0.2) is 11.7 Å². The van der Waals surface area contributed by atoms with E-state index in [0.717, 1.165) is 0 Å². The number of rotatable bonds is 4. The first-order valence-electron chi connectivity index (χ1n) is 4.01. The Hall–Kier alpha value is -1.48. The molecule has 0 aliphatic carbocycles. The van der Waals surface area contributed by atoms with Crippen LogP contribution >= 0.6 is 0 Å². The first-order chi connectivity index (χ1) is 6.29. The second kappa shape index (κ2) is 4.52. The maximum Gasteiger partial charge on any atom is 0.127 e. The van der Waals surface area contributed by atoms with Gasteiger partial charge in [-0.3, -0.25) is 0 Å². The number of hydrogen-bond acceptors (Lipinski definition) is 3. The van der Waals surface area contributed by atoms with E-state index in [1.807, 2.05) is 0 Å². The normalized spacial score (nSPS) is 9.62. The molecule has 0 atom stereocenters. The summed E-state index contributed by atoms with van der Waals surface area (Å²) in [5.74, 6) is 0.613. The number of nitrogen functional groups attached to an aromatic ring is 1. The van der Waals surface area contributed by atoms with Crippen molar-refractivity contribution in [2.75, 3.05) is 12.3 Å². The van der Waals surface area contributed by atoms with E-state index in [1.165, 1.54) is 0 Å². The molecule has 0 fully saturated rings. The maximum atomic E-state index is 9.01. The van der Waals surface area contributed by atoms with Crippen molar-refractivity contribution in [3.63, 3.8) is 0 Å². The van der Waals surface area contributed by atoms with Gasteiger partial charge in [-0.05, 0) is 12.1 Å². The molecule has 0 bridgehead atoms. The summed E-state index contributed by atoms with van der Waals surface area (Å²) in [6.07, 6.45) is 1.64. The van der Waals surface area contributed by atoms with Crippen molar-refractivity contribution in [3.8, 4) is 5.75 Å². The number of aliphatic hydroxyl groups excluding tert-OH is 1. The summed E-state index contributed by atoms with van der Waals surface area (Å²) in [6.45, 7) is 3.84. The molecule has 1 aromatic carbocycles. The van der Waals surface area contributed by atoms with Gasteiger partial charge < -0.3 is 15.6 Å². The van der Waals surface area contributed by atoms with E-state index in [4.69, 9.17) is 15.6 Å². The van der Waals surface area contributed by atoms with Crippen LogP contribution in [0.4, 0.5) is 5.69 Å². The zero-order chi connectivity index (χ0) is 9.68. The van der Waals surface area contributed by atoms with Gasteiger partial charge in [0.2, 0.25) is 0 Å². The van der Waals surface area contributed by atoms with Crippen LogP contribution in [-0.2, 0) is 6.61 Å². The Balaban J connectivity index is 2.91. The zero-order valence-corrected chi connectivity index (χ0v) is 7.36. The fraction of sp³-hybridized carbons (Fsp3) is 0.200. The van der Waals surface area contributed by atoms with E-state index < -0.39 is 0 Å². The second-order valence-corrected chi connectivity index (χ2v) is 2.58. The van der Waals surface area contributed by atoms with Crippen LogP contribution in [0.15, 0.2) is 30.9 Å². The third-order valence-electron chi connectivity index (χ3n) is 1.68. The molecule has 0 spiro atoms. The Kier molecular flexibility index (Phi) is 3.34. The lowest BCUT2D eigenvalue weighted by atomic mass is 10.2. The average molecular weight is 179 g/mol. The van der Waals surface area contributed by atoms with Gasteiger partial charge in [-0.15, -0.1) is 0 Å². The highest BCUT2D eigenvalue weighted by Gasteiger charge is 2.04. The highest BCUT2D eigenvalue weighted by molar-refractivity contribution is 5.53. The fourth-order valence-corrected chi connectivity index (χ4v) is 1.04. The molecule has 0 saturated carbocycles. The van der Waals surface area contributed by atoms with Gasteiger partial charge in [0.1, 0.15) is 12.4 Å². The Morgan fingerprint density at radius 2 is 2.31 bits per heavy atom. The van der Waals surface area contributed by atoms with Gasteiger partial charge in [-0.25, -0.2) is 0 Å². The van der Waals surface area contributed by atoms with Crippen molar-refractivity contribution in [2.45, 2.75) is 6.61 Å². The lowest BCUT2D eigenvalue weighted by molar-refractivity contribution is 0.271. The first kappa shape index (κ1) is 9.61. The van der Waals surface area contributed by atoms with E-state index in [0.29, 0.717) is 23.6 Å². The van der Waals surface area contributed by atoms with Crippen molar-refractivity contribution >= 4 is 5.69 Å². The summed E-state index contributed by atoms with van der Waals surface area (Å²) in [5.41, 5.74) is 6.81. The van der Waals surface area contributed by atoms with Crippen LogP contribution < -0.4 is 10.5 Å². The largest absolute Gasteiger partial charge is 0.489 e. The van der Waals surface area contributed by atoms with E-state index in [9.17, 15) is 0 Å². The van der Waals surface area contributed by atoms with E-state index >= 15 is 0 Å². The molecule has 0 amide bonds. The standard InChI is InChI=1S/C10H13NO2/c1-2-6-13-10-5-3-4-9(11)8(10)7-12/h2-5,12H,1,6-7,11H2. The number of benzene rings is 1. The monoisotopic (exact) mass is 179 g/mol. The van der Waals surface area contributed by atoms with E-state index in [2.05, 4.69) is 6.58 Å². The highest BCUT2D eigenvalue weighted by Crippen LogP contribution is 2.23. The molecular weight excluding hydrogens is 166 g/mol. The fourth-order valence-electron chi connectivity index (χ4n) is 1.04. The summed E-state index contributed by atoms with van der Waals surface area (Å²) in [4.78, 5) is 0. The Morgan fingerprint density at radius 3 is 2.92 bits per heavy atom. The van der Waals surface area contributed by atoms with Crippen molar-refractivity contribution in [3.05, 3.63) is 36.4 Å². The zero-order valence-electron chi connectivity index (χ0n) is 7.36. The molecule has 1 aromatic rings. The van der Waals surface area contributed by atoms with Gasteiger partial charge in [0, 0.05) is 11.3 Å². The van der Waals surface area contributed by atoms with Crippen molar-refractivity contribution < 1.29 is 9.84 Å². The Morgan fingerprint density at radius 1 is 1.54 bits per heavy atom. The molecule has 1 rings (SSSR count). The lowest BCUT2D eigenvalue weighted by Gasteiger charge is -2.09. The Labute approximate surface area is 77.4 Å². The minimum Gasteiger partial charge on any atom is -0.489 e. The third-order valence-corrected chi connectivity index (χ3v) is 1.68. The van der Waals surface area contributed by atoms with Gasteiger partial charge in [-0.1, -0.05) is 18.7 Å². The summed E-state index contributed by atoms with van der Waals surface area (Å²) in [7, 11) is 0. The predicted octanol–water partition coefficient (Wildman–Crippen LogP) is 1.33. The van der Waals surface area contributed by atoms with E-state index in [1.54, 1.807) is 24.3 Å². The summed E-state index contributed by atoms with van der Waals surface area (Å²) in [6, 6.07) is 5.28. The first-order valence-corrected chi connectivity index (χ1v) is 4.01. The van der Waals surface area contributed by atoms with Crippen molar-refractivity contribution in [1.29, 1.82) is 0 Å². The van der Waals surface area contributed by atoms with Crippen LogP contribution in [0.25, 0.3) is 0 Å². The molecule has 0 aliphatic heterocycles. The van der Waals surface area contributed by atoms with Crippen molar-refractivity contribution in [2.24, 2.45) is 0 Å². The third kappa shape index (κ3) is 2.23. The molecule has 13 heavy (non-hydrogen) atoms. The molecule has 3 N–H and O–H groups in total. The SMILES string of the molecule is C=CCOc1cccc(N)c1CO.